The lowest BCUT2D eigenvalue weighted by Crippen LogP contribution is -2.39. The molecule has 0 aliphatic carbocycles. The molecule has 96 valence electrons. The first kappa shape index (κ1) is 11.9. The minimum atomic E-state index is 0.0163. The van der Waals surface area contributed by atoms with Crippen LogP contribution in [0, 0.1) is 0 Å². The molecule has 0 unspecified atom stereocenters. The predicted molar refractivity (Wildman–Crippen MR) is 73.8 cm³/mol. The van der Waals surface area contributed by atoms with Gasteiger partial charge in [0.05, 0.1) is 6.04 Å². The average Bonchev–Trinajstić information content (AvgIpc) is 2.48. The molecule has 0 bridgehead atoms. The van der Waals surface area contributed by atoms with Crippen LogP contribution in [0.4, 0.5) is 0 Å². The Balaban J connectivity index is 1.90. The minimum absolute atomic E-state index is 0.0163. The summed E-state index contributed by atoms with van der Waals surface area (Å²) in [5, 5.41) is 0. The van der Waals surface area contributed by atoms with Crippen molar-refractivity contribution in [2.45, 2.75) is 19.4 Å². The minimum Gasteiger partial charge on any atom is -0.330 e. The van der Waals surface area contributed by atoms with Crippen LogP contribution in [0.2, 0.25) is 0 Å². The molecule has 1 aliphatic heterocycles. The van der Waals surface area contributed by atoms with Crippen LogP contribution in [0.1, 0.15) is 34.6 Å². The van der Waals surface area contributed by atoms with Gasteiger partial charge in [-0.15, -0.1) is 0 Å². The van der Waals surface area contributed by atoms with Gasteiger partial charge < -0.3 is 4.90 Å². The Morgan fingerprint density at radius 1 is 1.21 bits per heavy atom. The zero-order valence-electron chi connectivity index (χ0n) is 10.9. The number of benzene rings is 1. The first-order valence-corrected chi connectivity index (χ1v) is 6.57. The van der Waals surface area contributed by atoms with Gasteiger partial charge in [-0.1, -0.05) is 30.3 Å². The number of fused-ring (bicyclic) bond motifs is 1. The number of carbonyl (C=O) groups is 1. The summed E-state index contributed by atoms with van der Waals surface area (Å²) in [7, 11) is 0. The highest BCUT2D eigenvalue weighted by Gasteiger charge is 2.28. The van der Waals surface area contributed by atoms with E-state index in [1.165, 1.54) is 11.1 Å². The van der Waals surface area contributed by atoms with Crippen LogP contribution in [-0.2, 0) is 6.42 Å². The lowest BCUT2D eigenvalue weighted by Gasteiger charge is -2.35. The molecule has 0 radical (unpaired) electrons. The summed E-state index contributed by atoms with van der Waals surface area (Å²) in [5.74, 6) is 0.0163. The van der Waals surface area contributed by atoms with Gasteiger partial charge in [0.2, 0.25) is 0 Å². The van der Waals surface area contributed by atoms with E-state index in [1.807, 2.05) is 23.1 Å². The van der Waals surface area contributed by atoms with Crippen LogP contribution >= 0.6 is 0 Å². The molecule has 1 aromatic heterocycles. The second kappa shape index (κ2) is 4.84. The largest absolute Gasteiger partial charge is 0.330 e. The van der Waals surface area contributed by atoms with E-state index in [2.05, 4.69) is 30.1 Å². The van der Waals surface area contributed by atoms with E-state index in [1.54, 1.807) is 12.3 Å². The summed E-state index contributed by atoms with van der Waals surface area (Å²) < 4.78 is 0. The van der Waals surface area contributed by atoms with Gasteiger partial charge >= 0.3 is 0 Å². The van der Waals surface area contributed by atoms with Gasteiger partial charge in [0.25, 0.3) is 5.91 Å². The molecule has 2 heterocycles. The van der Waals surface area contributed by atoms with Crippen molar-refractivity contribution in [2.24, 2.45) is 0 Å². The van der Waals surface area contributed by atoms with Crippen LogP contribution in [0.25, 0.3) is 0 Å². The highest BCUT2D eigenvalue weighted by molar-refractivity contribution is 5.92. The number of aromatic nitrogens is 1. The molecule has 1 atom stereocenters. The molecule has 19 heavy (non-hydrogen) atoms. The van der Waals surface area contributed by atoms with E-state index in [-0.39, 0.29) is 11.9 Å². The Labute approximate surface area is 112 Å². The monoisotopic (exact) mass is 252 g/mol. The molecule has 0 saturated carbocycles. The number of pyridine rings is 1. The van der Waals surface area contributed by atoms with Crippen LogP contribution in [-0.4, -0.2) is 22.3 Å². The normalized spacial score (nSPS) is 17.9. The molecular weight excluding hydrogens is 236 g/mol. The fraction of sp³-hybridized carbons (Fsp3) is 0.250. The SMILES string of the molecule is C[C@@H]1c2ccccc2CCN1C(=O)c1ccccn1. The molecule has 3 heteroatoms. The Hall–Kier alpha value is -2.16. The molecule has 0 N–H and O–H groups in total. The predicted octanol–water partition coefficient (Wildman–Crippen LogP) is 2.84. The third kappa shape index (κ3) is 2.12. The van der Waals surface area contributed by atoms with Crippen LogP contribution in [0.15, 0.2) is 48.7 Å². The molecule has 0 fully saturated rings. The van der Waals surface area contributed by atoms with Crippen molar-refractivity contribution in [2.75, 3.05) is 6.54 Å². The van der Waals surface area contributed by atoms with E-state index in [0.29, 0.717) is 5.69 Å². The third-order valence-electron chi connectivity index (χ3n) is 3.74. The third-order valence-corrected chi connectivity index (χ3v) is 3.74. The van der Waals surface area contributed by atoms with Gasteiger partial charge in [0, 0.05) is 12.7 Å². The lowest BCUT2D eigenvalue weighted by molar-refractivity contribution is 0.0671. The number of nitrogens with zero attached hydrogens (tertiary/aromatic N) is 2. The maximum atomic E-state index is 12.5. The number of hydrogen-bond acceptors (Lipinski definition) is 2. The molecule has 0 saturated heterocycles. The van der Waals surface area contributed by atoms with E-state index in [4.69, 9.17) is 0 Å². The molecule has 1 amide bonds. The lowest BCUT2D eigenvalue weighted by atomic mass is 9.93. The van der Waals surface area contributed by atoms with E-state index < -0.39 is 0 Å². The van der Waals surface area contributed by atoms with Crippen molar-refractivity contribution in [1.29, 1.82) is 0 Å². The van der Waals surface area contributed by atoms with Crippen molar-refractivity contribution >= 4 is 5.91 Å². The van der Waals surface area contributed by atoms with E-state index in [9.17, 15) is 4.79 Å². The summed E-state index contributed by atoms with van der Waals surface area (Å²) in [6, 6.07) is 13.9. The van der Waals surface area contributed by atoms with Crippen molar-refractivity contribution in [3.05, 3.63) is 65.5 Å². The summed E-state index contributed by atoms with van der Waals surface area (Å²) in [4.78, 5) is 18.5. The van der Waals surface area contributed by atoms with E-state index >= 15 is 0 Å². The van der Waals surface area contributed by atoms with Crippen molar-refractivity contribution in [1.82, 2.24) is 9.88 Å². The summed E-state index contributed by atoms with van der Waals surface area (Å²) in [6.07, 6.45) is 2.58. The molecule has 0 spiro atoms. The Bertz CT molecular complexity index is 595. The van der Waals surface area contributed by atoms with Crippen LogP contribution < -0.4 is 0 Å². The maximum absolute atomic E-state index is 12.5. The standard InChI is InChI=1S/C16H16N2O/c1-12-14-7-3-2-6-13(14)9-11-18(12)16(19)15-8-4-5-10-17-15/h2-8,10,12H,9,11H2,1H3/t12-/m1/s1. The molecular formula is C16H16N2O. The number of rotatable bonds is 1. The second-order valence-corrected chi connectivity index (χ2v) is 4.84. The van der Waals surface area contributed by atoms with Crippen LogP contribution in [0.3, 0.4) is 0 Å². The van der Waals surface area contributed by atoms with Gasteiger partial charge in [-0.05, 0) is 36.6 Å². The molecule has 2 aromatic rings. The van der Waals surface area contributed by atoms with Gasteiger partial charge in [0.15, 0.2) is 0 Å². The fourth-order valence-corrected chi connectivity index (χ4v) is 2.69. The Morgan fingerprint density at radius 2 is 2.00 bits per heavy atom. The van der Waals surface area contributed by atoms with Gasteiger partial charge in [0.1, 0.15) is 5.69 Å². The highest BCUT2D eigenvalue weighted by Crippen LogP contribution is 2.29. The topological polar surface area (TPSA) is 33.2 Å². The van der Waals surface area contributed by atoms with Gasteiger partial charge in [-0.3, -0.25) is 9.78 Å². The zero-order chi connectivity index (χ0) is 13.2. The molecule has 3 rings (SSSR count). The van der Waals surface area contributed by atoms with E-state index in [0.717, 1.165) is 13.0 Å². The Morgan fingerprint density at radius 3 is 2.79 bits per heavy atom. The van der Waals surface area contributed by atoms with Crippen molar-refractivity contribution in [3.8, 4) is 0 Å². The van der Waals surface area contributed by atoms with Gasteiger partial charge in [-0.2, -0.15) is 0 Å². The average molecular weight is 252 g/mol. The zero-order valence-corrected chi connectivity index (χ0v) is 10.9. The van der Waals surface area contributed by atoms with Crippen molar-refractivity contribution in [3.63, 3.8) is 0 Å². The Kier molecular flexibility index (Phi) is 3.03. The first-order valence-electron chi connectivity index (χ1n) is 6.57. The quantitative estimate of drug-likeness (QED) is 0.782. The summed E-state index contributed by atoms with van der Waals surface area (Å²) in [5.41, 5.74) is 3.12. The molecule has 1 aliphatic rings. The second-order valence-electron chi connectivity index (χ2n) is 4.84. The number of amides is 1. The highest BCUT2D eigenvalue weighted by atomic mass is 16.2. The molecule has 1 aromatic carbocycles. The summed E-state index contributed by atoms with van der Waals surface area (Å²) in [6.45, 7) is 2.84. The fourth-order valence-electron chi connectivity index (χ4n) is 2.69. The maximum Gasteiger partial charge on any atom is 0.272 e. The number of hydrogen-bond donors (Lipinski definition) is 0. The smallest absolute Gasteiger partial charge is 0.272 e. The molecule has 3 nitrogen and oxygen atoms in total. The van der Waals surface area contributed by atoms with Gasteiger partial charge in [-0.25, -0.2) is 0 Å². The summed E-state index contributed by atoms with van der Waals surface area (Å²) >= 11 is 0. The van der Waals surface area contributed by atoms with Crippen molar-refractivity contribution < 1.29 is 4.79 Å². The first-order chi connectivity index (χ1) is 9.27. The number of carbonyl (C=O) groups excluding carboxylic acids is 1. The van der Waals surface area contributed by atoms with Crippen LogP contribution in [0.5, 0.6) is 0 Å².